The van der Waals surface area contributed by atoms with E-state index in [0.717, 1.165) is 17.7 Å². The molecule has 4 nitrogen and oxygen atoms in total. The number of thioether (sulfide) groups is 1. The van der Waals surface area contributed by atoms with Gasteiger partial charge in [0.05, 0.1) is 5.69 Å². The van der Waals surface area contributed by atoms with E-state index in [0.29, 0.717) is 17.3 Å². The van der Waals surface area contributed by atoms with Crippen LogP contribution >= 0.6 is 11.8 Å². The van der Waals surface area contributed by atoms with Crippen molar-refractivity contribution in [2.75, 3.05) is 11.5 Å². The number of benzene rings is 1. The third-order valence-electron chi connectivity index (χ3n) is 2.80. The minimum atomic E-state index is -0.311. The lowest BCUT2D eigenvalue weighted by molar-refractivity contribution is 0.626. The summed E-state index contributed by atoms with van der Waals surface area (Å²) in [4.78, 5) is 8.53. The van der Waals surface area contributed by atoms with Gasteiger partial charge in [0.25, 0.3) is 0 Å². The standard InChI is InChI=1S/C15H15FN4S/c1-2-6-21-15-19-13(12(9-17)14(18)20-15)8-10-4-3-5-11(16)7-10/h3-5,7H,2,6,8H2,1H3,(H2,18,19,20). The number of hydrogen-bond donors (Lipinski definition) is 1. The monoisotopic (exact) mass is 302 g/mol. The summed E-state index contributed by atoms with van der Waals surface area (Å²) in [6.45, 7) is 2.06. The first-order chi connectivity index (χ1) is 10.1. The number of nitrogens with zero attached hydrogens (tertiary/aromatic N) is 3. The van der Waals surface area contributed by atoms with Crippen molar-refractivity contribution in [3.63, 3.8) is 0 Å². The van der Waals surface area contributed by atoms with E-state index < -0.39 is 0 Å². The van der Waals surface area contributed by atoms with Gasteiger partial charge in [-0.1, -0.05) is 30.8 Å². The van der Waals surface area contributed by atoms with Crippen molar-refractivity contribution >= 4 is 17.6 Å². The Morgan fingerprint density at radius 1 is 1.38 bits per heavy atom. The van der Waals surface area contributed by atoms with Crippen molar-refractivity contribution in [3.8, 4) is 6.07 Å². The van der Waals surface area contributed by atoms with Gasteiger partial charge in [0, 0.05) is 12.2 Å². The fourth-order valence-corrected chi connectivity index (χ4v) is 2.58. The van der Waals surface area contributed by atoms with Crippen LogP contribution in [0.25, 0.3) is 0 Å². The van der Waals surface area contributed by atoms with Crippen LogP contribution in [0.4, 0.5) is 10.2 Å². The maximum atomic E-state index is 13.3. The molecule has 0 aliphatic carbocycles. The molecular formula is C15H15FN4S. The van der Waals surface area contributed by atoms with E-state index in [4.69, 9.17) is 5.73 Å². The highest BCUT2D eigenvalue weighted by Gasteiger charge is 2.13. The number of nitriles is 1. The van der Waals surface area contributed by atoms with E-state index in [1.54, 1.807) is 12.1 Å². The Morgan fingerprint density at radius 2 is 2.19 bits per heavy atom. The molecule has 1 aromatic heterocycles. The molecule has 0 saturated heterocycles. The smallest absolute Gasteiger partial charge is 0.189 e. The predicted molar refractivity (Wildman–Crippen MR) is 81.4 cm³/mol. The molecule has 0 aliphatic rings. The third kappa shape index (κ3) is 3.92. The summed E-state index contributed by atoms with van der Waals surface area (Å²) in [5.41, 5.74) is 7.37. The zero-order chi connectivity index (χ0) is 15.2. The Bertz CT molecular complexity index is 682. The molecule has 0 atom stereocenters. The molecule has 0 saturated carbocycles. The summed E-state index contributed by atoms with van der Waals surface area (Å²) in [6, 6.07) is 8.26. The van der Waals surface area contributed by atoms with Crippen LogP contribution in [0.2, 0.25) is 0 Å². The molecule has 0 aliphatic heterocycles. The average Bonchev–Trinajstić information content (AvgIpc) is 2.45. The maximum absolute atomic E-state index is 13.3. The molecule has 1 aromatic carbocycles. The molecular weight excluding hydrogens is 287 g/mol. The van der Waals surface area contributed by atoms with Crippen molar-refractivity contribution in [1.82, 2.24) is 9.97 Å². The molecule has 2 N–H and O–H groups in total. The number of anilines is 1. The summed E-state index contributed by atoms with van der Waals surface area (Å²) in [5, 5.41) is 9.76. The lowest BCUT2D eigenvalue weighted by Crippen LogP contribution is -2.06. The van der Waals surface area contributed by atoms with Crippen LogP contribution in [0.1, 0.15) is 30.2 Å². The molecule has 0 unspecified atom stereocenters. The lowest BCUT2D eigenvalue weighted by atomic mass is 10.1. The lowest BCUT2D eigenvalue weighted by Gasteiger charge is -2.08. The van der Waals surface area contributed by atoms with Crippen LogP contribution in [0.5, 0.6) is 0 Å². The van der Waals surface area contributed by atoms with Crippen LogP contribution < -0.4 is 5.73 Å². The van der Waals surface area contributed by atoms with Crippen LogP contribution in [0, 0.1) is 17.1 Å². The van der Waals surface area contributed by atoms with E-state index in [1.807, 2.05) is 6.07 Å². The molecule has 1 heterocycles. The minimum absolute atomic E-state index is 0.178. The molecule has 6 heteroatoms. The van der Waals surface area contributed by atoms with Gasteiger partial charge in [-0.25, -0.2) is 14.4 Å². The SMILES string of the molecule is CCCSc1nc(N)c(C#N)c(Cc2cccc(F)c2)n1. The van der Waals surface area contributed by atoms with Crippen LogP contribution in [0.3, 0.4) is 0 Å². The molecule has 21 heavy (non-hydrogen) atoms. The van der Waals surface area contributed by atoms with Gasteiger partial charge in [0.2, 0.25) is 0 Å². The van der Waals surface area contributed by atoms with E-state index in [-0.39, 0.29) is 17.2 Å². The molecule has 0 bridgehead atoms. The molecule has 2 rings (SSSR count). The van der Waals surface area contributed by atoms with Gasteiger partial charge in [-0.05, 0) is 24.1 Å². The predicted octanol–water partition coefficient (Wildman–Crippen LogP) is 3.16. The minimum Gasteiger partial charge on any atom is -0.382 e. The fourth-order valence-electron chi connectivity index (χ4n) is 1.85. The van der Waals surface area contributed by atoms with Crippen molar-refractivity contribution < 1.29 is 4.39 Å². The highest BCUT2D eigenvalue weighted by Crippen LogP contribution is 2.22. The Kier molecular flexibility index (Phi) is 5.12. The Balaban J connectivity index is 2.36. The first kappa shape index (κ1) is 15.3. The summed E-state index contributed by atoms with van der Waals surface area (Å²) in [5.74, 6) is 0.746. The number of nitrogens with two attached hydrogens (primary N) is 1. The zero-order valence-corrected chi connectivity index (χ0v) is 12.5. The summed E-state index contributed by atoms with van der Waals surface area (Å²) < 4.78 is 13.3. The maximum Gasteiger partial charge on any atom is 0.189 e. The molecule has 0 spiro atoms. The molecule has 0 radical (unpaired) electrons. The second-order valence-corrected chi connectivity index (χ2v) is 5.54. The van der Waals surface area contributed by atoms with Crippen LogP contribution in [0.15, 0.2) is 29.4 Å². The number of aromatic nitrogens is 2. The fraction of sp³-hybridized carbons (Fsp3) is 0.267. The topological polar surface area (TPSA) is 75.6 Å². The Hall–Kier alpha value is -2.13. The number of nitrogen functional groups attached to an aromatic ring is 1. The normalized spacial score (nSPS) is 10.3. The van der Waals surface area contributed by atoms with Gasteiger partial charge in [-0.3, -0.25) is 0 Å². The summed E-state index contributed by atoms with van der Waals surface area (Å²) in [6.07, 6.45) is 1.35. The number of halogens is 1. The van der Waals surface area contributed by atoms with Crippen molar-refractivity contribution in [3.05, 3.63) is 46.9 Å². The van der Waals surface area contributed by atoms with Crippen molar-refractivity contribution in [2.45, 2.75) is 24.9 Å². The van der Waals surface area contributed by atoms with Gasteiger partial charge in [-0.2, -0.15) is 5.26 Å². The summed E-state index contributed by atoms with van der Waals surface area (Å²) in [7, 11) is 0. The average molecular weight is 302 g/mol. The molecule has 2 aromatic rings. The van der Waals surface area contributed by atoms with E-state index in [1.165, 1.54) is 23.9 Å². The second kappa shape index (κ2) is 7.04. The van der Waals surface area contributed by atoms with E-state index in [9.17, 15) is 9.65 Å². The summed E-state index contributed by atoms with van der Waals surface area (Å²) >= 11 is 1.50. The van der Waals surface area contributed by atoms with Crippen LogP contribution in [-0.2, 0) is 6.42 Å². The van der Waals surface area contributed by atoms with Gasteiger partial charge in [0.15, 0.2) is 5.16 Å². The number of rotatable bonds is 5. The van der Waals surface area contributed by atoms with Crippen LogP contribution in [-0.4, -0.2) is 15.7 Å². The number of hydrogen-bond acceptors (Lipinski definition) is 5. The van der Waals surface area contributed by atoms with Gasteiger partial charge < -0.3 is 5.73 Å². The molecule has 0 amide bonds. The van der Waals surface area contributed by atoms with Gasteiger partial charge in [-0.15, -0.1) is 0 Å². The highest BCUT2D eigenvalue weighted by atomic mass is 32.2. The quantitative estimate of drug-likeness (QED) is 0.678. The molecule has 108 valence electrons. The van der Waals surface area contributed by atoms with Crippen molar-refractivity contribution in [2.24, 2.45) is 0 Å². The largest absolute Gasteiger partial charge is 0.382 e. The van der Waals surface area contributed by atoms with Crippen molar-refractivity contribution in [1.29, 1.82) is 5.26 Å². The Morgan fingerprint density at radius 3 is 2.86 bits per heavy atom. The second-order valence-electron chi connectivity index (χ2n) is 4.48. The third-order valence-corrected chi connectivity index (χ3v) is 3.85. The molecule has 0 fully saturated rings. The van der Waals surface area contributed by atoms with Gasteiger partial charge >= 0.3 is 0 Å². The first-order valence-corrected chi connectivity index (χ1v) is 7.56. The van der Waals surface area contributed by atoms with E-state index >= 15 is 0 Å². The highest BCUT2D eigenvalue weighted by molar-refractivity contribution is 7.99. The van der Waals surface area contributed by atoms with Gasteiger partial charge in [0.1, 0.15) is 23.3 Å². The van der Waals surface area contributed by atoms with E-state index in [2.05, 4.69) is 16.9 Å². The first-order valence-electron chi connectivity index (χ1n) is 6.57. The Labute approximate surface area is 127 Å². The zero-order valence-electron chi connectivity index (χ0n) is 11.6.